The monoisotopic (exact) mass is 386 g/mol. The van der Waals surface area contributed by atoms with Gasteiger partial charge in [0.25, 0.3) is 5.56 Å². The highest BCUT2D eigenvalue weighted by Gasteiger charge is 2.20. The number of aromatic nitrogens is 2. The number of aryl methyl sites for hydroxylation is 1. The molecule has 0 unspecified atom stereocenters. The summed E-state index contributed by atoms with van der Waals surface area (Å²) in [5.41, 5.74) is 0.851. The van der Waals surface area contributed by atoms with Crippen LogP contribution in [0.15, 0.2) is 34.4 Å². The van der Waals surface area contributed by atoms with Crippen molar-refractivity contribution in [1.82, 2.24) is 9.55 Å². The number of ether oxygens (including phenoxy) is 1. The average molecular weight is 386 g/mol. The van der Waals surface area contributed by atoms with Crippen LogP contribution < -0.4 is 10.3 Å². The minimum Gasteiger partial charge on any atom is -0.494 e. The fraction of sp³-hybridized carbons (Fsp3) is 0.350. The number of carbonyl (C=O) groups is 1. The van der Waals surface area contributed by atoms with Crippen LogP contribution in [-0.2, 0) is 6.54 Å². The first kappa shape index (κ1) is 19.1. The van der Waals surface area contributed by atoms with Crippen molar-refractivity contribution in [2.45, 2.75) is 39.7 Å². The molecule has 3 rings (SSSR count). The summed E-state index contributed by atoms with van der Waals surface area (Å²) in [6.45, 7) is 6.83. The zero-order chi connectivity index (χ0) is 19.6. The van der Waals surface area contributed by atoms with Crippen molar-refractivity contribution >= 4 is 27.5 Å². The number of nitrogens with zero attached hydrogens (tertiary/aromatic N) is 2. The number of aromatic carboxylic acids is 1. The van der Waals surface area contributed by atoms with E-state index in [0.29, 0.717) is 30.2 Å². The van der Waals surface area contributed by atoms with E-state index < -0.39 is 5.97 Å². The number of rotatable bonds is 7. The standard InChI is InChI=1S/C20H22N2O4S/c1-12(2)17-21-18-16(15(11-27-18)20(24)25)19(23)22(17)8-5-9-26-14-7-4-6-13(3)10-14/h4,6-7,10-12H,5,8-9H2,1-3H3,(H,24,25). The summed E-state index contributed by atoms with van der Waals surface area (Å²) >= 11 is 1.19. The van der Waals surface area contributed by atoms with Crippen LogP contribution in [0.25, 0.3) is 10.2 Å². The second-order valence-electron chi connectivity index (χ2n) is 6.73. The molecule has 0 aliphatic carbocycles. The smallest absolute Gasteiger partial charge is 0.337 e. The molecular formula is C20H22N2O4S. The number of hydrogen-bond donors (Lipinski definition) is 1. The lowest BCUT2D eigenvalue weighted by atomic mass is 10.1. The van der Waals surface area contributed by atoms with E-state index in [4.69, 9.17) is 4.74 Å². The van der Waals surface area contributed by atoms with Crippen LogP contribution in [0.1, 0.15) is 47.9 Å². The van der Waals surface area contributed by atoms with E-state index in [-0.39, 0.29) is 22.4 Å². The van der Waals surface area contributed by atoms with Gasteiger partial charge in [-0.1, -0.05) is 26.0 Å². The van der Waals surface area contributed by atoms with Gasteiger partial charge in [0, 0.05) is 17.8 Å². The third-order valence-corrected chi connectivity index (χ3v) is 5.13. The Morgan fingerprint density at radius 2 is 2.15 bits per heavy atom. The molecule has 1 N–H and O–H groups in total. The summed E-state index contributed by atoms with van der Waals surface area (Å²) in [7, 11) is 0. The van der Waals surface area contributed by atoms with E-state index in [0.717, 1.165) is 11.3 Å². The molecule has 7 heteroatoms. The molecule has 6 nitrogen and oxygen atoms in total. The van der Waals surface area contributed by atoms with Crippen molar-refractivity contribution in [1.29, 1.82) is 0 Å². The van der Waals surface area contributed by atoms with Crippen LogP contribution in [0.4, 0.5) is 0 Å². The number of fused-ring (bicyclic) bond motifs is 1. The number of benzene rings is 1. The highest BCUT2D eigenvalue weighted by Crippen LogP contribution is 2.24. The lowest BCUT2D eigenvalue weighted by molar-refractivity contribution is 0.0699. The molecule has 0 aliphatic heterocycles. The minimum atomic E-state index is -1.10. The van der Waals surface area contributed by atoms with Gasteiger partial charge >= 0.3 is 5.97 Å². The number of carboxylic acids is 1. The molecule has 0 amide bonds. The molecule has 27 heavy (non-hydrogen) atoms. The molecule has 2 aromatic heterocycles. The molecule has 1 aromatic carbocycles. The highest BCUT2D eigenvalue weighted by atomic mass is 32.1. The van der Waals surface area contributed by atoms with Crippen LogP contribution in [0.3, 0.4) is 0 Å². The molecule has 0 spiro atoms. The summed E-state index contributed by atoms with van der Waals surface area (Å²) < 4.78 is 7.34. The fourth-order valence-electron chi connectivity index (χ4n) is 2.97. The molecule has 0 radical (unpaired) electrons. The van der Waals surface area contributed by atoms with Crippen molar-refractivity contribution in [3.8, 4) is 5.75 Å². The first-order chi connectivity index (χ1) is 12.9. The Bertz CT molecular complexity index is 1040. The molecule has 0 fully saturated rings. The second-order valence-corrected chi connectivity index (χ2v) is 7.59. The van der Waals surface area contributed by atoms with Crippen LogP contribution in [-0.4, -0.2) is 27.2 Å². The summed E-state index contributed by atoms with van der Waals surface area (Å²) in [4.78, 5) is 29.4. The molecule has 0 bridgehead atoms. The van der Waals surface area contributed by atoms with Gasteiger partial charge < -0.3 is 9.84 Å². The van der Waals surface area contributed by atoms with E-state index in [1.165, 1.54) is 16.7 Å². The van der Waals surface area contributed by atoms with Crippen LogP contribution in [0, 0.1) is 6.92 Å². The molecule has 2 heterocycles. The Balaban J connectivity index is 1.84. The largest absolute Gasteiger partial charge is 0.494 e. The van der Waals surface area contributed by atoms with E-state index in [2.05, 4.69) is 4.98 Å². The van der Waals surface area contributed by atoms with Gasteiger partial charge in [0.15, 0.2) is 0 Å². The maximum Gasteiger partial charge on any atom is 0.337 e. The van der Waals surface area contributed by atoms with E-state index in [1.54, 1.807) is 4.57 Å². The van der Waals surface area contributed by atoms with Gasteiger partial charge in [0.2, 0.25) is 0 Å². The van der Waals surface area contributed by atoms with Gasteiger partial charge in [-0.3, -0.25) is 9.36 Å². The third kappa shape index (κ3) is 4.03. The third-order valence-electron chi connectivity index (χ3n) is 4.25. The van der Waals surface area contributed by atoms with Gasteiger partial charge in [0.1, 0.15) is 16.4 Å². The maximum atomic E-state index is 13.0. The number of carboxylic acid groups (broad SMARTS) is 1. The lowest BCUT2D eigenvalue weighted by Gasteiger charge is -2.15. The van der Waals surface area contributed by atoms with Crippen LogP contribution in [0.2, 0.25) is 0 Å². The molecule has 142 valence electrons. The molecule has 0 saturated carbocycles. The second kappa shape index (κ2) is 7.92. The van der Waals surface area contributed by atoms with Gasteiger partial charge in [-0.15, -0.1) is 11.3 Å². The van der Waals surface area contributed by atoms with Gasteiger partial charge in [0.05, 0.1) is 17.6 Å². The first-order valence-electron chi connectivity index (χ1n) is 8.83. The van der Waals surface area contributed by atoms with Gasteiger partial charge in [-0.2, -0.15) is 0 Å². The Labute approximate surface area is 161 Å². The average Bonchev–Trinajstić information content (AvgIpc) is 3.04. The molecule has 0 atom stereocenters. The summed E-state index contributed by atoms with van der Waals surface area (Å²) in [5, 5.41) is 11.0. The van der Waals surface area contributed by atoms with Crippen molar-refractivity contribution in [3.05, 3.63) is 57.0 Å². The highest BCUT2D eigenvalue weighted by molar-refractivity contribution is 7.17. The molecule has 3 aromatic rings. The van der Waals surface area contributed by atoms with Gasteiger partial charge in [-0.05, 0) is 31.0 Å². The Kier molecular flexibility index (Phi) is 5.60. The molecule has 0 aliphatic rings. The SMILES string of the molecule is Cc1cccc(OCCCn2c(C(C)C)nc3scc(C(=O)O)c3c2=O)c1. The van der Waals surface area contributed by atoms with E-state index >= 15 is 0 Å². The fourth-order valence-corrected chi connectivity index (χ4v) is 3.88. The summed E-state index contributed by atoms with van der Waals surface area (Å²) in [6.07, 6.45) is 0.618. The van der Waals surface area contributed by atoms with Crippen molar-refractivity contribution in [2.24, 2.45) is 0 Å². The lowest BCUT2D eigenvalue weighted by Crippen LogP contribution is -2.27. The normalized spacial score (nSPS) is 11.3. The zero-order valence-electron chi connectivity index (χ0n) is 15.6. The summed E-state index contributed by atoms with van der Waals surface area (Å²) in [6, 6.07) is 7.80. The first-order valence-corrected chi connectivity index (χ1v) is 9.71. The number of hydrogen-bond acceptors (Lipinski definition) is 5. The molecule has 0 saturated heterocycles. The maximum absolute atomic E-state index is 13.0. The molecular weight excluding hydrogens is 364 g/mol. The summed E-state index contributed by atoms with van der Waals surface area (Å²) in [5.74, 6) is 0.412. The minimum absolute atomic E-state index is 0.0209. The predicted molar refractivity (Wildman–Crippen MR) is 106 cm³/mol. The Morgan fingerprint density at radius 1 is 1.37 bits per heavy atom. The van der Waals surface area contributed by atoms with Crippen LogP contribution in [0.5, 0.6) is 5.75 Å². The van der Waals surface area contributed by atoms with Crippen molar-refractivity contribution in [3.63, 3.8) is 0 Å². The van der Waals surface area contributed by atoms with Crippen molar-refractivity contribution < 1.29 is 14.6 Å². The van der Waals surface area contributed by atoms with Crippen LogP contribution >= 0.6 is 11.3 Å². The van der Waals surface area contributed by atoms with E-state index in [9.17, 15) is 14.7 Å². The van der Waals surface area contributed by atoms with Gasteiger partial charge in [-0.25, -0.2) is 9.78 Å². The quantitative estimate of drug-likeness (QED) is 0.619. The van der Waals surface area contributed by atoms with E-state index in [1.807, 2.05) is 45.0 Å². The topological polar surface area (TPSA) is 81.4 Å². The Hall–Kier alpha value is -2.67. The zero-order valence-corrected chi connectivity index (χ0v) is 16.4. The predicted octanol–water partition coefficient (Wildman–Crippen LogP) is 4.06. The van der Waals surface area contributed by atoms with Crippen molar-refractivity contribution in [2.75, 3.05) is 6.61 Å². The Morgan fingerprint density at radius 3 is 2.81 bits per heavy atom. The number of thiophene rings is 1.